The molecule has 1 aliphatic rings. The molecular weight excluding hydrogens is 262 g/mol. The molecule has 20 heavy (non-hydrogen) atoms. The Kier molecular flexibility index (Phi) is 3.28. The van der Waals surface area contributed by atoms with Crippen molar-refractivity contribution in [1.82, 2.24) is 19.5 Å². The molecule has 0 radical (unpaired) electrons. The van der Waals surface area contributed by atoms with Crippen molar-refractivity contribution in [3.05, 3.63) is 12.7 Å². The summed E-state index contributed by atoms with van der Waals surface area (Å²) in [5.74, 6) is 0.144. The van der Waals surface area contributed by atoms with Crippen molar-refractivity contribution in [3.63, 3.8) is 0 Å². The SMILES string of the molecule is Nc1ncnc2c1ncn2[C@H]1C[C@@H](CCO)[C@H](O)[C@H]1O. The van der Waals surface area contributed by atoms with Crippen molar-refractivity contribution in [2.75, 3.05) is 12.3 Å². The number of nitrogens with zero attached hydrogens (tertiary/aromatic N) is 4. The molecule has 1 aliphatic carbocycles. The summed E-state index contributed by atoms with van der Waals surface area (Å²) in [7, 11) is 0. The fraction of sp³-hybridized carbons (Fsp3) is 0.583. The van der Waals surface area contributed by atoms with Crippen LogP contribution in [0, 0.1) is 5.92 Å². The molecule has 0 aromatic carbocycles. The van der Waals surface area contributed by atoms with Gasteiger partial charge in [-0.15, -0.1) is 0 Å². The molecule has 1 fully saturated rings. The molecule has 0 bridgehead atoms. The predicted octanol–water partition coefficient (Wildman–Crippen LogP) is -0.926. The van der Waals surface area contributed by atoms with Crippen LogP contribution >= 0.6 is 0 Å². The Morgan fingerprint density at radius 2 is 2.05 bits per heavy atom. The smallest absolute Gasteiger partial charge is 0.165 e. The highest BCUT2D eigenvalue weighted by molar-refractivity contribution is 5.81. The second-order valence-electron chi connectivity index (χ2n) is 5.14. The van der Waals surface area contributed by atoms with Crippen LogP contribution in [0.2, 0.25) is 0 Å². The molecule has 2 heterocycles. The fourth-order valence-corrected chi connectivity index (χ4v) is 2.94. The number of imidazole rings is 1. The zero-order valence-electron chi connectivity index (χ0n) is 10.8. The van der Waals surface area contributed by atoms with Crippen LogP contribution in [0.5, 0.6) is 0 Å². The Bertz CT molecular complexity index is 616. The molecule has 0 unspecified atom stereocenters. The van der Waals surface area contributed by atoms with E-state index in [-0.39, 0.29) is 24.4 Å². The van der Waals surface area contributed by atoms with Gasteiger partial charge in [0.25, 0.3) is 0 Å². The van der Waals surface area contributed by atoms with E-state index in [9.17, 15) is 10.2 Å². The Morgan fingerprint density at radius 3 is 2.80 bits per heavy atom. The third kappa shape index (κ3) is 1.92. The number of hydrogen-bond donors (Lipinski definition) is 4. The molecule has 5 N–H and O–H groups in total. The van der Waals surface area contributed by atoms with Crippen LogP contribution in [0.3, 0.4) is 0 Å². The minimum atomic E-state index is -0.917. The average Bonchev–Trinajstić information content (AvgIpc) is 2.97. The monoisotopic (exact) mass is 279 g/mol. The molecule has 0 aliphatic heterocycles. The molecular formula is C12H17N5O3. The number of hydrogen-bond acceptors (Lipinski definition) is 7. The van der Waals surface area contributed by atoms with E-state index in [1.807, 2.05) is 0 Å². The highest BCUT2D eigenvalue weighted by Crippen LogP contribution is 2.38. The molecule has 1 saturated carbocycles. The van der Waals surface area contributed by atoms with Crippen molar-refractivity contribution >= 4 is 17.0 Å². The number of aromatic nitrogens is 4. The van der Waals surface area contributed by atoms with Gasteiger partial charge in [0.05, 0.1) is 18.5 Å². The summed E-state index contributed by atoms with van der Waals surface area (Å²) in [5.41, 5.74) is 6.76. The highest BCUT2D eigenvalue weighted by atomic mass is 16.3. The largest absolute Gasteiger partial charge is 0.396 e. The van der Waals surface area contributed by atoms with Crippen LogP contribution in [-0.4, -0.2) is 53.7 Å². The summed E-state index contributed by atoms with van der Waals surface area (Å²) >= 11 is 0. The first-order valence-corrected chi connectivity index (χ1v) is 6.53. The highest BCUT2D eigenvalue weighted by Gasteiger charge is 2.42. The zero-order chi connectivity index (χ0) is 14.3. The second kappa shape index (κ2) is 4.97. The lowest BCUT2D eigenvalue weighted by Crippen LogP contribution is -2.29. The zero-order valence-corrected chi connectivity index (χ0v) is 10.8. The van der Waals surface area contributed by atoms with Gasteiger partial charge in [0.2, 0.25) is 0 Å². The number of fused-ring (bicyclic) bond motifs is 1. The van der Waals surface area contributed by atoms with E-state index in [0.717, 1.165) is 0 Å². The Morgan fingerprint density at radius 1 is 1.25 bits per heavy atom. The molecule has 2 aromatic rings. The molecule has 3 rings (SSSR count). The van der Waals surface area contributed by atoms with E-state index in [2.05, 4.69) is 15.0 Å². The normalized spacial score (nSPS) is 30.1. The van der Waals surface area contributed by atoms with Crippen LogP contribution in [0.4, 0.5) is 5.82 Å². The molecule has 8 nitrogen and oxygen atoms in total. The van der Waals surface area contributed by atoms with Crippen molar-refractivity contribution in [2.24, 2.45) is 5.92 Å². The van der Waals surface area contributed by atoms with E-state index < -0.39 is 12.2 Å². The molecule has 8 heteroatoms. The first-order valence-electron chi connectivity index (χ1n) is 6.53. The van der Waals surface area contributed by atoms with Gasteiger partial charge in [-0.1, -0.05) is 0 Å². The van der Waals surface area contributed by atoms with Crippen molar-refractivity contribution in [1.29, 1.82) is 0 Å². The Hall–Kier alpha value is -1.77. The lowest BCUT2D eigenvalue weighted by Gasteiger charge is -2.18. The predicted molar refractivity (Wildman–Crippen MR) is 70.6 cm³/mol. The van der Waals surface area contributed by atoms with Gasteiger partial charge < -0.3 is 25.6 Å². The van der Waals surface area contributed by atoms with Gasteiger partial charge in [0.15, 0.2) is 11.5 Å². The van der Waals surface area contributed by atoms with Crippen molar-refractivity contribution in [3.8, 4) is 0 Å². The summed E-state index contributed by atoms with van der Waals surface area (Å²) in [6.07, 6.45) is 2.14. The number of rotatable bonds is 3. The van der Waals surface area contributed by atoms with Crippen molar-refractivity contribution < 1.29 is 15.3 Å². The van der Waals surface area contributed by atoms with Gasteiger partial charge in [-0.05, 0) is 18.8 Å². The minimum absolute atomic E-state index is 0.0129. The topological polar surface area (TPSA) is 130 Å². The first kappa shape index (κ1) is 13.2. The summed E-state index contributed by atoms with van der Waals surface area (Å²) < 4.78 is 1.72. The molecule has 0 saturated heterocycles. The Balaban J connectivity index is 1.97. The quantitative estimate of drug-likeness (QED) is 0.571. The third-order valence-corrected chi connectivity index (χ3v) is 4.02. The summed E-state index contributed by atoms with van der Waals surface area (Å²) in [4.78, 5) is 12.2. The van der Waals surface area contributed by atoms with Gasteiger partial charge in [-0.3, -0.25) is 0 Å². The summed E-state index contributed by atoms with van der Waals surface area (Å²) in [6.45, 7) is -0.0129. The Labute approximate surface area is 114 Å². The lowest BCUT2D eigenvalue weighted by molar-refractivity contribution is 0.00275. The average molecular weight is 279 g/mol. The van der Waals surface area contributed by atoms with Crippen molar-refractivity contribution in [2.45, 2.75) is 31.1 Å². The molecule has 4 atom stereocenters. The van der Waals surface area contributed by atoms with Crippen LogP contribution in [0.1, 0.15) is 18.9 Å². The van der Waals surface area contributed by atoms with Gasteiger partial charge in [0, 0.05) is 6.61 Å². The second-order valence-corrected chi connectivity index (χ2v) is 5.14. The third-order valence-electron chi connectivity index (χ3n) is 4.02. The molecule has 108 valence electrons. The van der Waals surface area contributed by atoms with E-state index in [1.165, 1.54) is 6.33 Å². The maximum Gasteiger partial charge on any atom is 0.165 e. The summed E-state index contributed by atoms with van der Waals surface area (Å²) in [6, 6.07) is -0.333. The van der Waals surface area contributed by atoms with Crippen LogP contribution in [0.15, 0.2) is 12.7 Å². The maximum atomic E-state index is 10.2. The maximum absolute atomic E-state index is 10.2. The standard InChI is InChI=1S/C12H17N5O3/c13-11-8-12(15-4-14-11)17(5-16-8)7-3-6(1-2-18)9(19)10(7)20/h4-7,9-10,18-20H,1-3H2,(H2,13,14,15)/t6-,7+,9+,10+/m1/s1. The first-order chi connectivity index (χ1) is 9.63. The van der Waals surface area contributed by atoms with Crippen LogP contribution in [0.25, 0.3) is 11.2 Å². The molecule has 2 aromatic heterocycles. The molecule has 0 amide bonds. The number of aliphatic hydroxyl groups is 3. The van der Waals surface area contributed by atoms with Gasteiger partial charge in [-0.2, -0.15) is 0 Å². The lowest BCUT2D eigenvalue weighted by atomic mass is 10.0. The number of nitrogen functional groups attached to an aromatic ring is 1. The van der Waals surface area contributed by atoms with Gasteiger partial charge >= 0.3 is 0 Å². The number of anilines is 1. The van der Waals surface area contributed by atoms with E-state index in [1.54, 1.807) is 10.9 Å². The van der Waals surface area contributed by atoms with E-state index in [4.69, 9.17) is 10.8 Å². The van der Waals surface area contributed by atoms with E-state index >= 15 is 0 Å². The van der Waals surface area contributed by atoms with Crippen LogP contribution < -0.4 is 5.73 Å². The number of nitrogens with two attached hydrogens (primary N) is 1. The molecule has 0 spiro atoms. The van der Waals surface area contributed by atoms with Gasteiger partial charge in [0.1, 0.15) is 17.9 Å². The van der Waals surface area contributed by atoms with Crippen LogP contribution in [-0.2, 0) is 0 Å². The van der Waals surface area contributed by atoms with Gasteiger partial charge in [-0.25, -0.2) is 15.0 Å². The summed E-state index contributed by atoms with van der Waals surface area (Å²) in [5, 5.41) is 29.2. The minimum Gasteiger partial charge on any atom is -0.396 e. The fourth-order valence-electron chi connectivity index (χ4n) is 2.94. The number of aliphatic hydroxyl groups excluding tert-OH is 3. The van der Waals surface area contributed by atoms with E-state index in [0.29, 0.717) is 24.0 Å².